The molecule has 22 heavy (non-hydrogen) atoms. The lowest BCUT2D eigenvalue weighted by Crippen LogP contribution is -2.47. The van der Waals surface area contributed by atoms with Gasteiger partial charge in [0.1, 0.15) is 0 Å². The van der Waals surface area contributed by atoms with Gasteiger partial charge in [-0.05, 0) is 50.2 Å². The molecule has 2 unspecified atom stereocenters. The molecule has 0 spiro atoms. The van der Waals surface area contributed by atoms with Gasteiger partial charge in [0, 0.05) is 49.3 Å². The number of aryl methyl sites for hydroxylation is 1. The van der Waals surface area contributed by atoms with E-state index in [1.54, 1.807) is 0 Å². The zero-order valence-corrected chi connectivity index (χ0v) is 13.8. The standard InChI is InChI=1S/C19H27N3/c1-21-16-7-8-17(21)13-15(12-16)20-10-9-18-11-14-5-3-4-6-19(14)22(18)2/h3-6,11,15-17,20H,7-10,12-13H2,1-2H3. The Morgan fingerprint density at radius 3 is 2.55 bits per heavy atom. The maximum atomic E-state index is 3.82. The van der Waals surface area contributed by atoms with Crippen molar-refractivity contribution < 1.29 is 0 Å². The zero-order chi connectivity index (χ0) is 15.1. The second kappa shape index (κ2) is 5.71. The van der Waals surface area contributed by atoms with Crippen LogP contribution in [-0.2, 0) is 13.5 Å². The molecular weight excluding hydrogens is 270 g/mol. The van der Waals surface area contributed by atoms with Gasteiger partial charge in [-0.1, -0.05) is 18.2 Å². The third kappa shape index (κ3) is 2.46. The molecule has 0 aliphatic carbocycles. The molecule has 3 nitrogen and oxygen atoms in total. The minimum atomic E-state index is 0.725. The van der Waals surface area contributed by atoms with Crippen LogP contribution in [0.3, 0.4) is 0 Å². The van der Waals surface area contributed by atoms with Crippen LogP contribution in [0.25, 0.3) is 10.9 Å². The summed E-state index contributed by atoms with van der Waals surface area (Å²) < 4.78 is 2.34. The number of benzene rings is 1. The fraction of sp³-hybridized carbons (Fsp3) is 0.579. The summed E-state index contributed by atoms with van der Waals surface area (Å²) in [6, 6.07) is 13.4. The summed E-state index contributed by atoms with van der Waals surface area (Å²) >= 11 is 0. The summed E-state index contributed by atoms with van der Waals surface area (Å²) in [6.07, 6.45) is 6.60. The van der Waals surface area contributed by atoms with E-state index >= 15 is 0 Å². The Bertz CT molecular complexity index is 646. The Hall–Kier alpha value is -1.32. The maximum absolute atomic E-state index is 3.82. The highest BCUT2D eigenvalue weighted by atomic mass is 15.2. The van der Waals surface area contributed by atoms with Gasteiger partial charge in [-0.2, -0.15) is 0 Å². The van der Waals surface area contributed by atoms with Crippen molar-refractivity contribution in [1.29, 1.82) is 0 Å². The van der Waals surface area contributed by atoms with Crippen LogP contribution in [-0.4, -0.2) is 41.2 Å². The third-order valence-corrected chi connectivity index (χ3v) is 5.96. The van der Waals surface area contributed by atoms with Crippen molar-refractivity contribution in [2.45, 2.75) is 50.2 Å². The highest BCUT2D eigenvalue weighted by Gasteiger charge is 2.37. The van der Waals surface area contributed by atoms with E-state index in [0.29, 0.717) is 0 Å². The van der Waals surface area contributed by atoms with E-state index in [1.165, 1.54) is 42.3 Å². The maximum Gasteiger partial charge on any atom is 0.0479 e. The zero-order valence-electron chi connectivity index (χ0n) is 13.8. The van der Waals surface area contributed by atoms with E-state index in [9.17, 15) is 0 Å². The number of para-hydroxylation sites is 1. The van der Waals surface area contributed by atoms with Crippen molar-refractivity contribution in [3.8, 4) is 0 Å². The molecule has 2 saturated heterocycles. The highest BCUT2D eigenvalue weighted by Crippen LogP contribution is 2.34. The minimum absolute atomic E-state index is 0.725. The van der Waals surface area contributed by atoms with Crippen molar-refractivity contribution in [2.75, 3.05) is 13.6 Å². The quantitative estimate of drug-likeness (QED) is 0.936. The monoisotopic (exact) mass is 297 g/mol. The minimum Gasteiger partial charge on any atom is -0.348 e. The van der Waals surface area contributed by atoms with Crippen molar-refractivity contribution in [3.05, 3.63) is 36.0 Å². The Balaban J connectivity index is 1.36. The van der Waals surface area contributed by atoms with Gasteiger partial charge in [0.05, 0.1) is 0 Å². The van der Waals surface area contributed by atoms with Crippen LogP contribution in [0.1, 0.15) is 31.4 Å². The molecule has 2 atom stereocenters. The molecule has 2 aliphatic rings. The van der Waals surface area contributed by atoms with E-state index < -0.39 is 0 Å². The SMILES string of the molecule is CN1C2CCC1CC(NCCc1cc3ccccc3n1C)C2. The fourth-order valence-electron chi connectivity index (χ4n) is 4.57. The molecule has 3 heteroatoms. The van der Waals surface area contributed by atoms with Crippen molar-refractivity contribution >= 4 is 10.9 Å². The van der Waals surface area contributed by atoms with Crippen LogP contribution in [0.15, 0.2) is 30.3 Å². The number of hydrogen-bond donors (Lipinski definition) is 1. The van der Waals surface area contributed by atoms with Gasteiger partial charge in [-0.3, -0.25) is 0 Å². The molecule has 3 heterocycles. The van der Waals surface area contributed by atoms with Crippen molar-refractivity contribution in [1.82, 2.24) is 14.8 Å². The number of nitrogens with zero attached hydrogens (tertiary/aromatic N) is 2. The molecule has 118 valence electrons. The molecule has 0 radical (unpaired) electrons. The average Bonchev–Trinajstić information content (AvgIpc) is 2.93. The first-order valence-corrected chi connectivity index (χ1v) is 8.71. The van der Waals surface area contributed by atoms with E-state index in [0.717, 1.165) is 31.1 Å². The predicted octanol–water partition coefficient (Wildman–Crippen LogP) is 2.94. The lowest BCUT2D eigenvalue weighted by Gasteiger charge is -2.36. The van der Waals surface area contributed by atoms with Gasteiger partial charge in [0.25, 0.3) is 0 Å². The van der Waals surface area contributed by atoms with E-state index in [4.69, 9.17) is 0 Å². The third-order valence-electron chi connectivity index (χ3n) is 5.96. The first kappa shape index (κ1) is 14.3. The average molecular weight is 297 g/mol. The largest absolute Gasteiger partial charge is 0.348 e. The molecule has 2 aliphatic heterocycles. The predicted molar refractivity (Wildman–Crippen MR) is 92.2 cm³/mol. The number of rotatable bonds is 4. The van der Waals surface area contributed by atoms with Crippen LogP contribution in [0, 0.1) is 0 Å². The second-order valence-electron chi connectivity index (χ2n) is 7.18. The number of nitrogens with one attached hydrogen (secondary N) is 1. The number of fused-ring (bicyclic) bond motifs is 3. The number of piperidine rings is 1. The van der Waals surface area contributed by atoms with Crippen LogP contribution in [0.2, 0.25) is 0 Å². The lowest BCUT2D eigenvalue weighted by atomic mass is 9.98. The first-order chi connectivity index (χ1) is 10.7. The smallest absolute Gasteiger partial charge is 0.0479 e. The van der Waals surface area contributed by atoms with Crippen LogP contribution >= 0.6 is 0 Å². The molecule has 0 saturated carbocycles. The molecule has 2 fully saturated rings. The van der Waals surface area contributed by atoms with Crippen LogP contribution in [0.4, 0.5) is 0 Å². The summed E-state index contributed by atoms with van der Waals surface area (Å²) in [6.45, 7) is 1.10. The van der Waals surface area contributed by atoms with Crippen molar-refractivity contribution in [2.24, 2.45) is 7.05 Å². The summed E-state index contributed by atoms with van der Waals surface area (Å²) in [4.78, 5) is 2.61. The van der Waals surface area contributed by atoms with Gasteiger partial charge in [-0.25, -0.2) is 0 Å². The van der Waals surface area contributed by atoms with E-state index in [2.05, 4.69) is 59.2 Å². The van der Waals surface area contributed by atoms with Gasteiger partial charge in [0.15, 0.2) is 0 Å². The normalized spacial score (nSPS) is 28.5. The Kier molecular flexibility index (Phi) is 3.71. The highest BCUT2D eigenvalue weighted by molar-refractivity contribution is 5.81. The molecular formula is C19H27N3. The Morgan fingerprint density at radius 1 is 1.09 bits per heavy atom. The molecule has 4 rings (SSSR count). The Labute approximate surface area is 133 Å². The fourth-order valence-corrected chi connectivity index (χ4v) is 4.57. The number of aromatic nitrogens is 1. The summed E-state index contributed by atoms with van der Waals surface area (Å²) in [5, 5.41) is 5.18. The lowest BCUT2D eigenvalue weighted by molar-refractivity contribution is 0.149. The second-order valence-corrected chi connectivity index (χ2v) is 7.18. The van der Waals surface area contributed by atoms with Gasteiger partial charge >= 0.3 is 0 Å². The van der Waals surface area contributed by atoms with Crippen LogP contribution in [0.5, 0.6) is 0 Å². The Morgan fingerprint density at radius 2 is 1.82 bits per heavy atom. The molecule has 1 aromatic heterocycles. The molecule has 1 aromatic carbocycles. The molecule has 2 aromatic rings. The summed E-state index contributed by atoms with van der Waals surface area (Å²) in [5.74, 6) is 0. The van der Waals surface area contributed by atoms with Gasteiger partial charge in [0.2, 0.25) is 0 Å². The number of hydrogen-bond acceptors (Lipinski definition) is 2. The molecule has 1 N–H and O–H groups in total. The van der Waals surface area contributed by atoms with E-state index in [-0.39, 0.29) is 0 Å². The van der Waals surface area contributed by atoms with E-state index in [1.807, 2.05) is 0 Å². The summed E-state index contributed by atoms with van der Waals surface area (Å²) in [5.41, 5.74) is 2.78. The van der Waals surface area contributed by atoms with Crippen LogP contribution < -0.4 is 5.32 Å². The molecule has 2 bridgehead atoms. The van der Waals surface area contributed by atoms with Crippen molar-refractivity contribution in [3.63, 3.8) is 0 Å². The molecule has 0 amide bonds. The van der Waals surface area contributed by atoms with Gasteiger partial charge < -0.3 is 14.8 Å². The topological polar surface area (TPSA) is 20.2 Å². The first-order valence-electron chi connectivity index (χ1n) is 8.71. The van der Waals surface area contributed by atoms with Gasteiger partial charge in [-0.15, -0.1) is 0 Å². The summed E-state index contributed by atoms with van der Waals surface area (Å²) in [7, 11) is 4.50.